The molecule has 0 aliphatic carbocycles. The van der Waals surface area contributed by atoms with Crippen LogP contribution in [0, 0.1) is 29.6 Å². The second-order valence-electron chi connectivity index (χ2n) is 8.16. The molecule has 0 atom stereocenters. The van der Waals surface area contributed by atoms with Gasteiger partial charge in [0, 0.05) is 11.1 Å². The van der Waals surface area contributed by atoms with Crippen molar-refractivity contribution in [1.29, 1.82) is 10.5 Å². The lowest BCUT2D eigenvalue weighted by molar-refractivity contribution is -0.122. The van der Waals surface area contributed by atoms with E-state index in [-0.39, 0.29) is 39.3 Å². The van der Waals surface area contributed by atoms with Gasteiger partial charge in [-0.2, -0.15) is 10.5 Å². The van der Waals surface area contributed by atoms with Gasteiger partial charge in [-0.1, -0.05) is 42.5 Å². The molecule has 3 aromatic rings. The van der Waals surface area contributed by atoms with Gasteiger partial charge in [-0.15, -0.1) is 0 Å². The Morgan fingerprint density at radius 2 is 1.43 bits per heavy atom. The van der Waals surface area contributed by atoms with Crippen LogP contribution in [0.2, 0.25) is 0 Å². The largest absolute Gasteiger partial charge is 0.494 e. The maximum atomic E-state index is 13.3. The molecule has 180 valence electrons. The summed E-state index contributed by atoms with van der Waals surface area (Å²) in [5, 5.41) is 30.2. The number of carbonyl (C=O) groups excluding carboxylic acids is 2. The van der Waals surface area contributed by atoms with E-state index in [2.05, 4.69) is 0 Å². The zero-order chi connectivity index (χ0) is 26.7. The SMILES string of the molecule is CC1=C(C#N)C(=O)N(c2ccccc2)C(=O)C1=CC=Cc1c(C)c(C#N)c(=O)n(-c2ccccc2)c1O. The van der Waals surface area contributed by atoms with Gasteiger partial charge in [0.2, 0.25) is 5.88 Å². The molecule has 0 unspecified atom stereocenters. The molecule has 0 saturated carbocycles. The third kappa shape index (κ3) is 4.24. The minimum atomic E-state index is -0.709. The standard InChI is InChI=1S/C29H20N4O4/c1-18-22(26(34)32(28(36)24(18)16-30)20-10-5-3-6-11-20)14-9-15-23-19(2)25(17-31)29(37)33(27(23)35)21-12-7-4-8-13-21/h3-15,34H,1-2H3. The van der Waals surface area contributed by atoms with Crippen LogP contribution in [0.5, 0.6) is 5.88 Å². The van der Waals surface area contributed by atoms with Crippen molar-refractivity contribution >= 4 is 23.6 Å². The van der Waals surface area contributed by atoms with Crippen LogP contribution in [0.4, 0.5) is 5.69 Å². The van der Waals surface area contributed by atoms with Crippen LogP contribution in [-0.4, -0.2) is 21.5 Å². The van der Waals surface area contributed by atoms with Crippen LogP contribution in [0.1, 0.15) is 23.6 Å². The summed E-state index contributed by atoms with van der Waals surface area (Å²) in [6.45, 7) is 3.06. The molecule has 0 spiro atoms. The number of para-hydroxylation sites is 2. The first-order chi connectivity index (χ1) is 17.8. The smallest absolute Gasteiger partial charge is 0.276 e. The number of nitriles is 2. The van der Waals surface area contributed by atoms with Crippen LogP contribution < -0.4 is 10.5 Å². The molecule has 8 heteroatoms. The maximum Gasteiger partial charge on any atom is 0.276 e. The van der Waals surface area contributed by atoms with Crippen molar-refractivity contribution < 1.29 is 14.7 Å². The topological polar surface area (TPSA) is 127 Å². The third-order valence-electron chi connectivity index (χ3n) is 6.06. The van der Waals surface area contributed by atoms with Gasteiger partial charge in [0.15, 0.2) is 0 Å². The average Bonchev–Trinajstić information content (AvgIpc) is 2.89. The first kappa shape index (κ1) is 24.6. The van der Waals surface area contributed by atoms with Gasteiger partial charge >= 0.3 is 0 Å². The zero-order valence-electron chi connectivity index (χ0n) is 20.0. The number of allylic oxidation sites excluding steroid dienone is 2. The second-order valence-corrected chi connectivity index (χ2v) is 8.16. The number of hydrogen-bond acceptors (Lipinski definition) is 6. The molecule has 1 aromatic heterocycles. The van der Waals surface area contributed by atoms with Gasteiger partial charge in [0.1, 0.15) is 23.3 Å². The molecule has 4 rings (SSSR count). The molecule has 2 amide bonds. The molecule has 2 heterocycles. The first-order valence-corrected chi connectivity index (χ1v) is 11.2. The number of pyridine rings is 1. The van der Waals surface area contributed by atoms with Crippen molar-refractivity contribution in [3.63, 3.8) is 0 Å². The van der Waals surface area contributed by atoms with Gasteiger partial charge in [-0.05, 0) is 61.4 Å². The van der Waals surface area contributed by atoms with Crippen LogP contribution in [0.25, 0.3) is 11.8 Å². The number of benzene rings is 2. The third-order valence-corrected chi connectivity index (χ3v) is 6.06. The second kappa shape index (κ2) is 10.0. The normalized spacial score (nSPS) is 14.8. The predicted molar refractivity (Wildman–Crippen MR) is 138 cm³/mol. The summed E-state index contributed by atoms with van der Waals surface area (Å²) in [6.07, 6.45) is 4.36. The summed E-state index contributed by atoms with van der Waals surface area (Å²) in [5.41, 5.74) is 0.578. The highest BCUT2D eigenvalue weighted by molar-refractivity contribution is 6.31. The Balaban J connectivity index is 1.85. The summed E-state index contributed by atoms with van der Waals surface area (Å²) in [6, 6.07) is 20.5. The van der Waals surface area contributed by atoms with Crippen LogP contribution in [-0.2, 0) is 9.59 Å². The highest BCUT2D eigenvalue weighted by Gasteiger charge is 2.36. The minimum absolute atomic E-state index is 0.116. The number of aromatic nitrogens is 1. The van der Waals surface area contributed by atoms with E-state index in [1.807, 2.05) is 12.1 Å². The number of carbonyl (C=O) groups is 2. The summed E-state index contributed by atoms with van der Waals surface area (Å²) >= 11 is 0. The highest BCUT2D eigenvalue weighted by atomic mass is 16.3. The van der Waals surface area contributed by atoms with Gasteiger partial charge in [-0.25, -0.2) is 9.47 Å². The summed E-state index contributed by atoms with van der Waals surface area (Å²) in [7, 11) is 0. The maximum absolute atomic E-state index is 13.3. The number of amides is 2. The molecular formula is C29H20N4O4. The van der Waals surface area contributed by atoms with Crippen molar-refractivity contribution in [3.05, 3.63) is 117 Å². The van der Waals surface area contributed by atoms with E-state index in [4.69, 9.17) is 0 Å². The Bertz CT molecular complexity index is 1670. The Morgan fingerprint density at radius 3 is 2.00 bits per heavy atom. The molecule has 0 fully saturated rings. The Hall–Kier alpha value is -5.47. The minimum Gasteiger partial charge on any atom is -0.494 e. The van der Waals surface area contributed by atoms with Crippen molar-refractivity contribution in [2.24, 2.45) is 0 Å². The van der Waals surface area contributed by atoms with Gasteiger partial charge < -0.3 is 5.11 Å². The fraction of sp³-hybridized carbons (Fsp3) is 0.0690. The molecule has 1 aliphatic heterocycles. The van der Waals surface area contributed by atoms with E-state index < -0.39 is 17.4 Å². The quantitative estimate of drug-likeness (QED) is 0.436. The Labute approximate surface area is 212 Å². The summed E-state index contributed by atoms with van der Waals surface area (Å²) < 4.78 is 1.04. The van der Waals surface area contributed by atoms with E-state index in [9.17, 15) is 30.0 Å². The average molecular weight is 489 g/mol. The van der Waals surface area contributed by atoms with Crippen LogP contribution in [0.15, 0.2) is 94.3 Å². The number of hydrogen-bond donors (Lipinski definition) is 1. The molecule has 0 saturated heterocycles. The lowest BCUT2D eigenvalue weighted by atomic mass is 9.94. The van der Waals surface area contributed by atoms with E-state index in [0.717, 1.165) is 9.47 Å². The lowest BCUT2D eigenvalue weighted by Gasteiger charge is -2.27. The Morgan fingerprint density at radius 1 is 0.838 bits per heavy atom. The van der Waals surface area contributed by atoms with Crippen molar-refractivity contribution in [1.82, 2.24) is 4.57 Å². The molecular weight excluding hydrogens is 468 g/mol. The number of rotatable bonds is 4. The fourth-order valence-corrected chi connectivity index (χ4v) is 4.10. The van der Waals surface area contributed by atoms with Crippen molar-refractivity contribution in [3.8, 4) is 23.7 Å². The number of aromatic hydroxyl groups is 1. The zero-order valence-corrected chi connectivity index (χ0v) is 20.0. The fourth-order valence-electron chi connectivity index (χ4n) is 4.10. The van der Waals surface area contributed by atoms with Gasteiger partial charge in [-0.3, -0.25) is 14.4 Å². The van der Waals surface area contributed by atoms with E-state index in [1.165, 1.54) is 25.2 Å². The number of anilines is 1. The highest BCUT2D eigenvalue weighted by Crippen LogP contribution is 2.30. The van der Waals surface area contributed by atoms with Crippen molar-refractivity contribution in [2.75, 3.05) is 4.90 Å². The molecule has 1 aliphatic rings. The van der Waals surface area contributed by atoms with Crippen LogP contribution >= 0.6 is 0 Å². The Kier molecular flexibility index (Phi) is 6.68. The van der Waals surface area contributed by atoms with E-state index in [1.54, 1.807) is 67.6 Å². The van der Waals surface area contributed by atoms with E-state index >= 15 is 0 Å². The van der Waals surface area contributed by atoms with Gasteiger partial charge in [0.05, 0.1) is 11.4 Å². The lowest BCUT2D eigenvalue weighted by Crippen LogP contribution is -2.42. The summed E-state index contributed by atoms with van der Waals surface area (Å²) in [5.74, 6) is -1.69. The molecule has 2 aromatic carbocycles. The van der Waals surface area contributed by atoms with Gasteiger partial charge in [0.25, 0.3) is 17.4 Å². The number of nitrogens with zero attached hydrogens (tertiary/aromatic N) is 4. The molecule has 37 heavy (non-hydrogen) atoms. The number of imide groups is 1. The molecule has 0 bridgehead atoms. The summed E-state index contributed by atoms with van der Waals surface area (Å²) in [4.78, 5) is 40.0. The van der Waals surface area contributed by atoms with Crippen LogP contribution in [0.3, 0.4) is 0 Å². The first-order valence-electron chi connectivity index (χ1n) is 11.2. The molecule has 1 N–H and O–H groups in total. The van der Waals surface area contributed by atoms with E-state index in [0.29, 0.717) is 11.4 Å². The molecule has 8 nitrogen and oxygen atoms in total. The predicted octanol–water partition coefficient (Wildman–Crippen LogP) is 4.08. The monoisotopic (exact) mass is 488 g/mol. The van der Waals surface area contributed by atoms with Crippen molar-refractivity contribution in [2.45, 2.75) is 13.8 Å². The molecule has 0 radical (unpaired) electrons.